The van der Waals surface area contributed by atoms with Crippen LogP contribution in [0, 0.1) is 0 Å². The second kappa shape index (κ2) is 19.9. The van der Waals surface area contributed by atoms with Crippen LogP contribution in [0.5, 0.6) is 11.5 Å². The Balaban J connectivity index is 0.910. The number of hydrogen-bond donors (Lipinski definition) is 4. The molecule has 0 aliphatic rings. The number of carbonyl (C=O) groups is 4. The Labute approximate surface area is 396 Å². The van der Waals surface area contributed by atoms with Crippen LogP contribution < -0.4 is 42.6 Å². The second-order valence-corrected chi connectivity index (χ2v) is 16.4. The number of carbonyl (C=O) groups excluding carboxylic acids is 2. The minimum atomic E-state index is -2.73. The SMILES string of the molecule is Cn1c(=O)n(Cc2ccccc2)c(=O)c2cc(C(=O)NCc3ccc(OC(CC(=O)O)(Oc4ccc(CNC(=O)c5ccc6c(c5)c(=O)n(Cc5ccccc5)c(=O)n6C)cc4)C(=O)O)cc3)ccc21. The number of aromatic nitrogens is 4. The lowest BCUT2D eigenvalue weighted by Crippen LogP contribution is -2.51. The Kier molecular flexibility index (Phi) is 13.4. The maximum Gasteiger partial charge on any atom is 0.391 e. The van der Waals surface area contributed by atoms with E-state index in [2.05, 4.69) is 10.6 Å². The summed E-state index contributed by atoms with van der Waals surface area (Å²) in [5.41, 5.74) is 1.63. The molecule has 354 valence electrons. The first kappa shape index (κ1) is 47.2. The summed E-state index contributed by atoms with van der Waals surface area (Å²) >= 11 is 0. The molecule has 0 unspecified atom stereocenters. The quantitative estimate of drug-likeness (QED) is 0.0931. The van der Waals surface area contributed by atoms with Crippen LogP contribution in [-0.2, 0) is 49.9 Å². The van der Waals surface area contributed by atoms with Gasteiger partial charge in [0.2, 0.25) is 0 Å². The number of aryl methyl sites for hydroxylation is 2. The number of nitrogens with one attached hydrogen (secondary N) is 2. The Morgan fingerprint density at radius 2 is 0.900 bits per heavy atom. The molecule has 18 heteroatoms. The molecule has 2 aromatic heterocycles. The molecule has 0 radical (unpaired) electrons. The van der Waals surface area contributed by atoms with Crippen LogP contribution in [0.1, 0.15) is 49.4 Å². The molecule has 0 aliphatic carbocycles. The molecule has 0 saturated heterocycles. The molecular weight excluding hydrogens is 901 g/mol. The average molecular weight is 945 g/mol. The van der Waals surface area contributed by atoms with E-state index >= 15 is 0 Å². The zero-order valence-corrected chi connectivity index (χ0v) is 37.7. The third kappa shape index (κ3) is 10.0. The van der Waals surface area contributed by atoms with Crippen LogP contribution in [0.25, 0.3) is 21.8 Å². The van der Waals surface area contributed by atoms with Gasteiger partial charge in [-0.25, -0.2) is 14.4 Å². The fourth-order valence-electron chi connectivity index (χ4n) is 7.88. The molecule has 6 aromatic carbocycles. The molecule has 18 nitrogen and oxygen atoms in total. The summed E-state index contributed by atoms with van der Waals surface area (Å²) in [5.74, 6) is -7.12. The molecular formula is C52H44N6O12. The molecule has 0 bridgehead atoms. The Morgan fingerprint density at radius 3 is 1.26 bits per heavy atom. The van der Waals surface area contributed by atoms with Crippen molar-refractivity contribution in [3.63, 3.8) is 0 Å². The third-order valence-electron chi connectivity index (χ3n) is 11.6. The lowest BCUT2D eigenvalue weighted by Gasteiger charge is -2.29. The molecule has 0 atom stereocenters. The van der Waals surface area contributed by atoms with Gasteiger partial charge in [0, 0.05) is 38.3 Å². The van der Waals surface area contributed by atoms with E-state index in [0.717, 1.165) is 20.3 Å². The highest BCUT2D eigenvalue weighted by atomic mass is 16.7. The highest BCUT2D eigenvalue weighted by molar-refractivity contribution is 5.98. The zero-order valence-electron chi connectivity index (χ0n) is 37.7. The Bertz CT molecular complexity index is 3350. The van der Waals surface area contributed by atoms with E-state index in [4.69, 9.17) is 9.47 Å². The number of nitrogens with zero attached hydrogens (tertiary/aromatic N) is 4. The topological polar surface area (TPSA) is 239 Å². The van der Waals surface area contributed by atoms with Crippen LogP contribution >= 0.6 is 0 Å². The fourth-order valence-corrected chi connectivity index (χ4v) is 7.88. The number of benzene rings is 6. The van der Waals surface area contributed by atoms with Gasteiger partial charge in [-0.05, 0) is 82.9 Å². The number of rotatable bonds is 17. The van der Waals surface area contributed by atoms with Crippen molar-refractivity contribution < 1.29 is 38.9 Å². The molecule has 0 saturated carbocycles. The van der Waals surface area contributed by atoms with E-state index in [1.807, 2.05) is 12.1 Å². The van der Waals surface area contributed by atoms with Crippen molar-refractivity contribution in [2.75, 3.05) is 0 Å². The zero-order chi connectivity index (χ0) is 49.7. The highest BCUT2D eigenvalue weighted by Crippen LogP contribution is 2.28. The van der Waals surface area contributed by atoms with Gasteiger partial charge < -0.3 is 30.3 Å². The number of aliphatic carboxylic acids is 2. The predicted molar refractivity (Wildman–Crippen MR) is 257 cm³/mol. The number of hydrogen-bond acceptors (Lipinski definition) is 10. The van der Waals surface area contributed by atoms with Gasteiger partial charge in [0.25, 0.3) is 22.9 Å². The van der Waals surface area contributed by atoms with Gasteiger partial charge in [-0.1, -0.05) is 84.9 Å². The summed E-state index contributed by atoms with van der Waals surface area (Å²) in [4.78, 5) is 104. The highest BCUT2D eigenvalue weighted by Gasteiger charge is 2.47. The fraction of sp³-hybridized carbons (Fsp3) is 0.154. The molecule has 0 fully saturated rings. The predicted octanol–water partition coefficient (Wildman–Crippen LogP) is 4.38. The lowest BCUT2D eigenvalue weighted by molar-refractivity contribution is -0.192. The first-order chi connectivity index (χ1) is 33.6. The summed E-state index contributed by atoms with van der Waals surface area (Å²) in [6.45, 7) is 0.115. The smallest absolute Gasteiger partial charge is 0.391 e. The van der Waals surface area contributed by atoms with Crippen molar-refractivity contribution in [3.8, 4) is 11.5 Å². The number of carboxylic acid groups (broad SMARTS) is 2. The van der Waals surface area contributed by atoms with Gasteiger partial charge in [-0.15, -0.1) is 0 Å². The summed E-state index contributed by atoms with van der Waals surface area (Å²) < 4.78 is 16.4. The van der Waals surface area contributed by atoms with E-state index in [-0.39, 0.29) is 59.6 Å². The lowest BCUT2D eigenvalue weighted by atomic mass is 10.1. The van der Waals surface area contributed by atoms with Crippen LogP contribution in [0.4, 0.5) is 0 Å². The van der Waals surface area contributed by atoms with Crippen molar-refractivity contribution in [1.82, 2.24) is 28.9 Å². The summed E-state index contributed by atoms with van der Waals surface area (Å²) in [7, 11) is 3.10. The van der Waals surface area contributed by atoms with Crippen molar-refractivity contribution in [1.29, 1.82) is 0 Å². The maximum absolute atomic E-state index is 13.5. The van der Waals surface area contributed by atoms with Gasteiger partial charge in [0.05, 0.1) is 34.9 Å². The average Bonchev–Trinajstić information content (AvgIpc) is 3.37. The van der Waals surface area contributed by atoms with Crippen molar-refractivity contribution in [2.45, 2.75) is 38.4 Å². The largest absolute Gasteiger partial charge is 0.481 e. The molecule has 2 heterocycles. The van der Waals surface area contributed by atoms with Gasteiger partial charge in [0.1, 0.15) is 17.9 Å². The number of ether oxygens (including phenoxy) is 2. The minimum absolute atomic E-state index is 0.00580. The van der Waals surface area contributed by atoms with Crippen LogP contribution in [0.3, 0.4) is 0 Å². The van der Waals surface area contributed by atoms with E-state index in [1.54, 1.807) is 62.6 Å². The van der Waals surface area contributed by atoms with Crippen LogP contribution in [0.15, 0.2) is 165 Å². The molecule has 0 aliphatic heterocycles. The maximum atomic E-state index is 13.5. The third-order valence-corrected chi connectivity index (χ3v) is 11.6. The van der Waals surface area contributed by atoms with Gasteiger partial charge in [0.15, 0.2) is 0 Å². The van der Waals surface area contributed by atoms with E-state index in [9.17, 15) is 48.6 Å². The van der Waals surface area contributed by atoms with E-state index in [0.29, 0.717) is 22.2 Å². The molecule has 0 spiro atoms. The molecule has 2 amide bonds. The summed E-state index contributed by atoms with van der Waals surface area (Å²) in [6.07, 6.45) is -1.10. The monoisotopic (exact) mass is 944 g/mol. The van der Waals surface area contributed by atoms with E-state index in [1.165, 1.54) is 94.1 Å². The standard InChI is InChI=1S/C52H44N6O12/c1-55-42-23-17-36(25-40(42)47(63)57(50(55)67)30-34-9-5-3-6-10-34)45(61)53-28-32-13-19-38(20-14-32)69-52(49(65)66,27-44(59)60)70-39-21-15-33(16-22-39)29-54-46(62)37-18-24-43-41(26-37)48(64)58(51(68)56(43)2)31-35-11-7-4-8-12-35/h3-26H,27-31H2,1-2H3,(H,53,61)(H,54,62)(H,59,60)(H,65,66). The van der Waals surface area contributed by atoms with Gasteiger partial charge in [-0.2, -0.15) is 0 Å². The number of carboxylic acids is 2. The molecule has 8 aromatic rings. The number of amides is 2. The number of fused-ring (bicyclic) bond motifs is 2. The van der Waals surface area contributed by atoms with Crippen molar-refractivity contribution in [2.24, 2.45) is 14.1 Å². The Morgan fingerprint density at radius 1 is 0.514 bits per heavy atom. The van der Waals surface area contributed by atoms with Gasteiger partial charge in [-0.3, -0.25) is 42.2 Å². The first-order valence-corrected chi connectivity index (χ1v) is 21.7. The van der Waals surface area contributed by atoms with Crippen molar-refractivity contribution >= 4 is 45.6 Å². The molecule has 70 heavy (non-hydrogen) atoms. The Hall–Kier alpha value is -9.32. The molecule has 4 N–H and O–H groups in total. The van der Waals surface area contributed by atoms with Crippen LogP contribution in [-0.4, -0.2) is 58.0 Å². The summed E-state index contributed by atoms with van der Waals surface area (Å²) in [5, 5.41) is 26.0. The molecule has 8 rings (SSSR count). The van der Waals surface area contributed by atoms with Crippen LogP contribution in [0.2, 0.25) is 0 Å². The first-order valence-electron chi connectivity index (χ1n) is 21.7. The second-order valence-electron chi connectivity index (χ2n) is 16.4. The van der Waals surface area contributed by atoms with Crippen molar-refractivity contribution in [3.05, 3.63) is 221 Å². The van der Waals surface area contributed by atoms with E-state index < -0.39 is 58.5 Å². The minimum Gasteiger partial charge on any atom is -0.481 e. The van der Waals surface area contributed by atoms with Gasteiger partial charge >= 0.3 is 29.1 Å². The summed E-state index contributed by atoms with van der Waals surface area (Å²) in [6, 6.07) is 38.7. The normalized spacial score (nSPS) is 11.3.